The van der Waals surface area contributed by atoms with Crippen molar-refractivity contribution in [3.8, 4) is 17.2 Å². The molecule has 180 valence electrons. The third kappa shape index (κ3) is 5.21. The van der Waals surface area contributed by atoms with Crippen molar-refractivity contribution in [3.63, 3.8) is 0 Å². The van der Waals surface area contributed by atoms with Gasteiger partial charge in [-0.3, -0.25) is 4.79 Å². The minimum absolute atomic E-state index is 0.0344. The van der Waals surface area contributed by atoms with Gasteiger partial charge in [-0.1, -0.05) is 48.2 Å². The third-order valence-electron chi connectivity index (χ3n) is 5.91. The van der Waals surface area contributed by atoms with Crippen molar-refractivity contribution in [2.75, 3.05) is 23.5 Å². The zero-order chi connectivity index (χ0) is 24.4. The molecule has 3 aromatic rings. The van der Waals surface area contributed by atoms with E-state index in [0.29, 0.717) is 16.7 Å². The molecule has 2 aliphatic rings. The van der Waals surface area contributed by atoms with Crippen LogP contribution in [0.25, 0.3) is 0 Å². The highest BCUT2D eigenvalue weighted by atomic mass is 32.2. The number of methoxy groups -OCH3 is 1. The van der Waals surface area contributed by atoms with Crippen molar-refractivity contribution >= 4 is 38.4 Å². The maximum Gasteiger partial charge on any atom is 0.252 e. The summed E-state index contributed by atoms with van der Waals surface area (Å²) in [6, 6.07) is 23.9. The number of hydrogen-bond donors (Lipinski definition) is 0. The van der Waals surface area contributed by atoms with Gasteiger partial charge in [0.25, 0.3) is 5.91 Å². The van der Waals surface area contributed by atoms with E-state index in [4.69, 9.17) is 9.47 Å². The summed E-state index contributed by atoms with van der Waals surface area (Å²) in [5, 5.41) is 0.351. The van der Waals surface area contributed by atoms with Crippen LogP contribution in [0.3, 0.4) is 0 Å². The number of sulfone groups is 1. The maximum atomic E-state index is 12.9. The van der Waals surface area contributed by atoms with Gasteiger partial charge in [-0.25, -0.2) is 8.42 Å². The summed E-state index contributed by atoms with van der Waals surface area (Å²) in [6.45, 7) is 0. The number of aliphatic imine (C=N–C) groups is 1. The number of benzene rings is 3. The van der Waals surface area contributed by atoms with Gasteiger partial charge in [0.1, 0.15) is 17.2 Å². The summed E-state index contributed by atoms with van der Waals surface area (Å²) in [4.78, 5) is 19.2. The summed E-state index contributed by atoms with van der Waals surface area (Å²) in [5.74, 6) is 1.82. The van der Waals surface area contributed by atoms with E-state index in [1.54, 1.807) is 13.2 Å². The van der Waals surface area contributed by atoms with Crippen LogP contribution in [0.1, 0.15) is 5.56 Å². The van der Waals surface area contributed by atoms with Gasteiger partial charge in [-0.15, -0.1) is 0 Å². The Hall–Kier alpha value is -3.30. The van der Waals surface area contributed by atoms with E-state index in [0.717, 1.165) is 17.0 Å². The second-order valence-corrected chi connectivity index (χ2v) is 11.7. The Morgan fingerprint density at radius 1 is 0.971 bits per heavy atom. The number of amides is 1. The monoisotopic (exact) mass is 508 g/mol. The lowest BCUT2D eigenvalue weighted by atomic mass is 10.1. The number of hydrogen-bond acceptors (Lipinski definition) is 6. The van der Waals surface area contributed by atoms with Gasteiger partial charge in [-0.05, 0) is 42.5 Å². The van der Waals surface area contributed by atoms with Gasteiger partial charge in [-0.2, -0.15) is 4.99 Å². The first-order valence-electron chi connectivity index (χ1n) is 11.1. The van der Waals surface area contributed by atoms with Crippen molar-refractivity contribution in [1.82, 2.24) is 0 Å². The van der Waals surface area contributed by atoms with Crippen molar-refractivity contribution in [2.24, 2.45) is 4.99 Å². The molecule has 2 fully saturated rings. The van der Waals surface area contributed by atoms with Crippen LogP contribution >= 0.6 is 11.8 Å². The molecule has 0 spiro atoms. The number of ether oxygens (including phenoxy) is 2. The number of carbonyl (C=O) groups excluding carboxylic acids is 1. The Labute approximate surface area is 208 Å². The van der Waals surface area contributed by atoms with Crippen LogP contribution in [0.15, 0.2) is 83.9 Å². The maximum absolute atomic E-state index is 12.9. The summed E-state index contributed by atoms with van der Waals surface area (Å²) >= 11 is 1.36. The molecule has 0 saturated carbocycles. The van der Waals surface area contributed by atoms with Crippen LogP contribution in [0.2, 0.25) is 0 Å². The number of thioether (sulfide) groups is 1. The van der Waals surface area contributed by atoms with Crippen molar-refractivity contribution in [1.29, 1.82) is 0 Å². The highest BCUT2D eigenvalue weighted by Crippen LogP contribution is 2.41. The van der Waals surface area contributed by atoms with Crippen LogP contribution < -0.4 is 14.4 Å². The Morgan fingerprint density at radius 3 is 2.40 bits per heavy atom. The van der Waals surface area contributed by atoms with Crippen LogP contribution in [0.4, 0.5) is 5.69 Å². The predicted octanol–water partition coefficient (Wildman–Crippen LogP) is 4.33. The molecular weight excluding hydrogens is 484 g/mol. The average molecular weight is 509 g/mol. The first-order valence-corrected chi connectivity index (χ1v) is 13.8. The molecule has 0 radical (unpaired) electrons. The number of fused-ring (bicyclic) bond motifs is 1. The zero-order valence-corrected chi connectivity index (χ0v) is 20.7. The SMILES string of the molecule is COc1ccccc1CC(=O)N=C1S[C@H]2CS(=O)(=O)C[C@H]2N1c1ccc(Oc2ccccc2)cc1. The summed E-state index contributed by atoms with van der Waals surface area (Å²) in [5.41, 5.74) is 1.52. The fourth-order valence-electron chi connectivity index (χ4n) is 4.32. The minimum Gasteiger partial charge on any atom is -0.496 e. The van der Waals surface area contributed by atoms with E-state index in [1.165, 1.54) is 11.8 Å². The zero-order valence-electron chi connectivity index (χ0n) is 19.0. The van der Waals surface area contributed by atoms with E-state index < -0.39 is 9.84 Å². The molecule has 0 N–H and O–H groups in total. The molecular formula is C26H24N2O5S2. The number of para-hydroxylation sites is 2. The topological polar surface area (TPSA) is 85.3 Å². The summed E-state index contributed by atoms with van der Waals surface area (Å²) in [6.07, 6.45) is 0.0966. The van der Waals surface area contributed by atoms with E-state index in [9.17, 15) is 13.2 Å². The molecule has 3 aromatic carbocycles. The number of anilines is 1. The highest BCUT2D eigenvalue weighted by Gasteiger charge is 2.49. The number of carbonyl (C=O) groups is 1. The molecule has 7 nitrogen and oxygen atoms in total. The molecule has 0 aromatic heterocycles. The molecule has 2 atom stereocenters. The molecule has 2 heterocycles. The smallest absolute Gasteiger partial charge is 0.252 e. The first kappa shape index (κ1) is 23.4. The van der Waals surface area contributed by atoms with E-state index in [1.807, 2.05) is 77.7 Å². The van der Waals surface area contributed by atoms with E-state index in [-0.39, 0.29) is 35.1 Å². The lowest BCUT2D eigenvalue weighted by molar-refractivity contribution is -0.117. The van der Waals surface area contributed by atoms with E-state index >= 15 is 0 Å². The molecule has 9 heteroatoms. The van der Waals surface area contributed by atoms with Gasteiger partial charge in [0.2, 0.25) is 0 Å². The van der Waals surface area contributed by atoms with Gasteiger partial charge in [0.05, 0.1) is 31.1 Å². The second-order valence-electron chi connectivity index (χ2n) is 8.36. The lowest BCUT2D eigenvalue weighted by Gasteiger charge is -2.24. The molecule has 35 heavy (non-hydrogen) atoms. The number of amidine groups is 1. The molecule has 1 amide bonds. The molecule has 0 unspecified atom stereocenters. The molecule has 2 saturated heterocycles. The number of nitrogens with zero attached hydrogens (tertiary/aromatic N) is 2. The number of rotatable bonds is 6. The van der Waals surface area contributed by atoms with Gasteiger partial charge in [0, 0.05) is 16.5 Å². The Kier molecular flexibility index (Phi) is 6.53. The Balaban J connectivity index is 1.41. The second kappa shape index (κ2) is 9.75. The van der Waals surface area contributed by atoms with Crippen LogP contribution in [0, 0.1) is 0 Å². The average Bonchev–Trinajstić information content (AvgIpc) is 3.31. The Morgan fingerprint density at radius 2 is 1.66 bits per heavy atom. The molecule has 2 aliphatic heterocycles. The standard InChI is InChI=1S/C26H24N2O5S2/c1-32-23-10-6-5-7-18(23)15-25(29)27-26-28(22-16-35(30,31)17-24(22)34-26)19-11-13-21(14-12-19)33-20-8-3-2-4-9-20/h2-14,22,24H,15-17H2,1H3/t22-,24+/m1/s1. The quantitative estimate of drug-likeness (QED) is 0.490. The van der Waals surface area contributed by atoms with Crippen molar-refractivity contribution < 1.29 is 22.7 Å². The molecule has 0 aliphatic carbocycles. The fourth-order valence-corrected chi connectivity index (χ4v) is 8.26. The van der Waals surface area contributed by atoms with Gasteiger partial charge < -0.3 is 14.4 Å². The lowest BCUT2D eigenvalue weighted by Crippen LogP contribution is -2.37. The van der Waals surface area contributed by atoms with Crippen molar-refractivity contribution in [2.45, 2.75) is 17.7 Å². The summed E-state index contributed by atoms with van der Waals surface area (Å²) in [7, 11) is -1.58. The third-order valence-corrected chi connectivity index (χ3v) is 9.12. The normalized spacial score (nSPS) is 21.6. The summed E-state index contributed by atoms with van der Waals surface area (Å²) < 4.78 is 35.9. The largest absolute Gasteiger partial charge is 0.496 e. The first-order chi connectivity index (χ1) is 16.9. The van der Waals surface area contributed by atoms with Crippen LogP contribution in [-0.4, -0.2) is 49.4 Å². The van der Waals surface area contributed by atoms with Gasteiger partial charge >= 0.3 is 0 Å². The molecule has 0 bridgehead atoms. The minimum atomic E-state index is -3.15. The fraction of sp³-hybridized carbons (Fsp3) is 0.231. The van der Waals surface area contributed by atoms with Crippen LogP contribution in [-0.2, 0) is 21.1 Å². The molecule has 5 rings (SSSR count). The predicted molar refractivity (Wildman–Crippen MR) is 138 cm³/mol. The van der Waals surface area contributed by atoms with E-state index in [2.05, 4.69) is 4.99 Å². The van der Waals surface area contributed by atoms with Gasteiger partial charge in [0.15, 0.2) is 15.0 Å². The van der Waals surface area contributed by atoms with Crippen molar-refractivity contribution in [3.05, 3.63) is 84.4 Å². The van der Waals surface area contributed by atoms with Crippen LogP contribution in [0.5, 0.6) is 17.2 Å². The highest BCUT2D eigenvalue weighted by molar-refractivity contribution is 8.16. The Bertz CT molecular complexity index is 1360.